The molecule has 2 heteroatoms. The Bertz CT molecular complexity index is 658. The second kappa shape index (κ2) is 4.31. The molecule has 4 rings (SSSR count). The van der Waals surface area contributed by atoms with Crippen LogP contribution in [0.5, 0.6) is 0 Å². The maximum Gasteiger partial charge on any atom is 0.165 e. The Labute approximate surface area is 145 Å². The van der Waals surface area contributed by atoms with E-state index in [-0.39, 0.29) is 21.7 Å². The van der Waals surface area contributed by atoms with Crippen molar-refractivity contribution < 1.29 is 9.59 Å². The molecule has 4 fully saturated rings. The third-order valence-corrected chi connectivity index (χ3v) is 9.17. The second-order valence-corrected chi connectivity index (χ2v) is 10.2. The third kappa shape index (κ3) is 1.50. The summed E-state index contributed by atoms with van der Waals surface area (Å²) in [4.78, 5) is 25.9. The summed E-state index contributed by atoms with van der Waals surface area (Å²) in [6.45, 7) is 13.2. The zero-order valence-corrected chi connectivity index (χ0v) is 16.0. The van der Waals surface area contributed by atoms with Gasteiger partial charge in [-0.05, 0) is 59.5 Å². The van der Waals surface area contributed by atoms with Crippen LogP contribution in [-0.2, 0) is 9.59 Å². The number of hydrogen-bond acceptors (Lipinski definition) is 2. The first-order valence-corrected chi connectivity index (χ1v) is 9.50. The number of allylic oxidation sites excluding steroid dienone is 4. The zero-order valence-electron chi connectivity index (χ0n) is 16.0. The minimum atomic E-state index is -0.216. The van der Waals surface area contributed by atoms with Crippen LogP contribution in [-0.4, -0.2) is 11.6 Å². The van der Waals surface area contributed by atoms with Gasteiger partial charge in [0, 0.05) is 10.8 Å². The summed E-state index contributed by atoms with van der Waals surface area (Å²) >= 11 is 0. The van der Waals surface area contributed by atoms with Gasteiger partial charge in [0.2, 0.25) is 0 Å². The lowest BCUT2D eigenvalue weighted by Crippen LogP contribution is -2.32. The zero-order chi connectivity index (χ0) is 17.7. The van der Waals surface area contributed by atoms with Crippen LogP contribution >= 0.6 is 0 Å². The first-order chi connectivity index (χ1) is 11.0. The predicted molar refractivity (Wildman–Crippen MR) is 95.4 cm³/mol. The number of hydrogen-bond donors (Lipinski definition) is 0. The first kappa shape index (κ1) is 16.3. The van der Waals surface area contributed by atoms with Crippen molar-refractivity contribution >= 4 is 11.6 Å². The standard InChI is InChI=1S/C22H30O2/c1-19(2)15-9-11-21(19,5)17(23)13(15)7-8-14-16-10-12-22(6,18(14)24)20(16,3)4/h7-8,15-16H,9-12H2,1-6H3/b13-7-,14-8+. The van der Waals surface area contributed by atoms with E-state index in [1.54, 1.807) is 0 Å². The van der Waals surface area contributed by atoms with E-state index in [2.05, 4.69) is 41.5 Å². The minimum absolute atomic E-state index is 0.0400. The Kier molecular flexibility index (Phi) is 2.93. The Morgan fingerprint density at radius 2 is 1.04 bits per heavy atom. The van der Waals surface area contributed by atoms with Crippen LogP contribution in [0.2, 0.25) is 0 Å². The van der Waals surface area contributed by atoms with Crippen LogP contribution in [0.25, 0.3) is 0 Å². The second-order valence-electron chi connectivity index (χ2n) is 10.2. The molecule has 0 aromatic rings. The molecule has 0 N–H and O–H groups in total. The van der Waals surface area contributed by atoms with Gasteiger partial charge in [-0.2, -0.15) is 0 Å². The van der Waals surface area contributed by atoms with Crippen molar-refractivity contribution in [1.29, 1.82) is 0 Å². The van der Waals surface area contributed by atoms with E-state index in [0.29, 0.717) is 23.4 Å². The van der Waals surface area contributed by atoms with E-state index >= 15 is 0 Å². The lowest BCUT2D eigenvalue weighted by molar-refractivity contribution is -0.126. The molecule has 4 bridgehead atoms. The molecule has 0 spiro atoms. The Hall–Kier alpha value is -1.18. The van der Waals surface area contributed by atoms with E-state index in [0.717, 1.165) is 36.8 Å². The van der Waals surface area contributed by atoms with Gasteiger partial charge < -0.3 is 0 Å². The molecule has 130 valence electrons. The molecule has 0 aromatic heterocycles. The minimum Gasteiger partial charge on any atom is -0.294 e. The summed E-state index contributed by atoms with van der Waals surface area (Å²) < 4.78 is 0. The predicted octanol–water partition coefficient (Wildman–Crippen LogP) is 4.89. The van der Waals surface area contributed by atoms with E-state index in [1.165, 1.54) is 0 Å². The van der Waals surface area contributed by atoms with Crippen molar-refractivity contribution in [3.63, 3.8) is 0 Å². The van der Waals surface area contributed by atoms with Crippen molar-refractivity contribution in [2.24, 2.45) is 33.5 Å². The number of rotatable bonds is 1. The summed E-state index contributed by atoms with van der Waals surface area (Å²) in [5, 5.41) is 0. The summed E-state index contributed by atoms with van der Waals surface area (Å²) in [7, 11) is 0. The van der Waals surface area contributed by atoms with Crippen LogP contribution in [0, 0.1) is 33.5 Å². The maximum atomic E-state index is 13.0. The fourth-order valence-electron chi connectivity index (χ4n) is 6.42. The summed E-state index contributed by atoms with van der Waals surface area (Å²) in [6.07, 6.45) is 8.25. The third-order valence-electron chi connectivity index (χ3n) is 9.17. The van der Waals surface area contributed by atoms with Gasteiger partial charge in [-0.1, -0.05) is 53.7 Å². The highest BCUT2D eigenvalue weighted by Gasteiger charge is 2.65. The lowest BCUT2D eigenvalue weighted by Gasteiger charge is -2.31. The van der Waals surface area contributed by atoms with Crippen molar-refractivity contribution in [3.05, 3.63) is 23.3 Å². The monoisotopic (exact) mass is 326 g/mol. The molecule has 2 nitrogen and oxygen atoms in total. The summed E-state index contributed by atoms with van der Waals surface area (Å²) in [5.74, 6) is 1.34. The van der Waals surface area contributed by atoms with Gasteiger partial charge in [0.25, 0.3) is 0 Å². The molecule has 0 aliphatic heterocycles. The number of ketones is 2. The number of carbonyl (C=O) groups is 2. The highest BCUT2D eigenvalue weighted by atomic mass is 16.1. The quantitative estimate of drug-likeness (QED) is 0.643. The molecule has 0 heterocycles. The molecule has 4 aliphatic rings. The summed E-state index contributed by atoms with van der Waals surface area (Å²) in [5.41, 5.74) is 1.59. The Balaban J connectivity index is 1.74. The average molecular weight is 326 g/mol. The van der Waals surface area contributed by atoms with Crippen LogP contribution in [0.15, 0.2) is 23.3 Å². The van der Waals surface area contributed by atoms with Crippen molar-refractivity contribution in [1.82, 2.24) is 0 Å². The topological polar surface area (TPSA) is 34.1 Å². The summed E-state index contributed by atoms with van der Waals surface area (Å²) in [6, 6.07) is 0. The Morgan fingerprint density at radius 1 is 0.708 bits per heavy atom. The Morgan fingerprint density at radius 3 is 1.29 bits per heavy atom. The van der Waals surface area contributed by atoms with Gasteiger partial charge in [0.1, 0.15) is 0 Å². The molecular weight excluding hydrogens is 296 g/mol. The van der Waals surface area contributed by atoms with E-state index in [4.69, 9.17) is 0 Å². The van der Waals surface area contributed by atoms with Crippen LogP contribution in [0.4, 0.5) is 0 Å². The average Bonchev–Trinajstić information content (AvgIpc) is 2.97. The highest BCUT2D eigenvalue weighted by Crippen LogP contribution is 2.67. The molecule has 24 heavy (non-hydrogen) atoms. The number of fused-ring (bicyclic) bond motifs is 4. The molecular formula is C22H30O2. The largest absolute Gasteiger partial charge is 0.294 e. The highest BCUT2D eigenvalue weighted by molar-refractivity contribution is 6.07. The lowest BCUT2D eigenvalue weighted by atomic mass is 9.70. The number of carbonyl (C=O) groups excluding carboxylic acids is 2. The van der Waals surface area contributed by atoms with Crippen molar-refractivity contribution in [2.45, 2.75) is 67.2 Å². The molecule has 4 atom stereocenters. The number of Topliss-reactive ketones (excluding diaryl/α,β-unsaturated/α-hetero) is 2. The van der Waals surface area contributed by atoms with Gasteiger partial charge in [0.15, 0.2) is 11.6 Å². The molecule has 4 aliphatic carbocycles. The fraction of sp³-hybridized carbons (Fsp3) is 0.727. The van der Waals surface area contributed by atoms with Crippen LogP contribution in [0.3, 0.4) is 0 Å². The molecule has 0 saturated heterocycles. The van der Waals surface area contributed by atoms with E-state index in [9.17, 15) is 9.59 Å². The maximum absolute atomic E-state index is 13.0. The SMILES string of the molecule is CC12CCC(/C(=C/C=C3/C(=O)C4(C)CCC3C4(C)C)C1=O)C2(C)C. The first-order valence-electron chi connectivity index (χ1n) is 9.50. The van der Waals surface area contributed by atoms with E-state index < -0.39 is 0 Å². The normalized spacial score (nSPS) is 48.2. The van der Waals surface area contributed by atoms with E-state index in [1.807, 2.05) is 12.2 Å². The van der Waals surface area contributed by atoms with Crippen LogP contribution in [0.1, 0.15) is 67.2 Å². The van der Waals surface area contributed by atoms with Crippen LogP contribution < -0.4 is 0 Å². The molecule has 4 unspecified atom stereocenters. The molecule has 0 radical (unpaired) electrons. The van der Waals surface area contributed by atoms with Gasteiger partial charge in [-0.25, -0.2) is 0 Å². The molecule has 0 aromatic carbocycles. The van der Waals surface area contributed by atoms with Crippen molar-refractivity contribution in [2.75, 3.05) is 0 Å². The molecule has 4 saturated carbocycles. The van der Waals surface area contributed by atoms with Crippen molar-refractivity contribution in [3.8, 4) is 0 Å². The van der Waals surface area contributed by atoms with Gasteiger partial charge >= 0.3 is 0 Å². The van der Waals surface area contributed by atoms with Gasteiger partial charge in [-0.3, -0.25) is 9.59 Å². The fourth-order valence-corrected chi connectivity index (χ4v) is 6.42. The van der Waals surface area contributed by atoms with Gasteiger partial charge in [-0.15, -0.1) is 0 Å². The van der Waals surface area contributed by atoms with Gasteiger partial charge in [0.05, 0.1) is 0 Å². The molecule has 0 amide bonds. The smallest absolute Gasteiger partial charge is 0.165 e.